The fourth-order valence-electron chi connectivity index (χ4n) is 2.93. The van der Waals surface area contributed by atoms with Crippen LogP contribution in [0.5, 0.6) is 0 Å². The van der Waals surface area contributed by atoms with Crippen LogP contribution in [-0.4, -0.2) is 28.1 Å². The van der Waals surface area contributed by atoms with Gasteiger partial charge in [0.2, 0.25) is 0 Å². The van der Waals surface area contributed by atoms with Gasteiger partial charge in [-0.2, -0.15) is 0 Å². The Hall–Kier alpha value is -0.940. The Morgan fingerprint density at radius 3 is 2.62 bits per heavy atom. The number of aliphatic hydroxyl groups excluding tert-OH is 1. The third-order valence-corrected chi connectivity index (χ3v) is 5.22. The van der Waals surface area contributed by atoms with Gasteiger partial charge >= 0.3 is 0 Å². The first-order chi connectivity index (χ1) is 10.2. The van der Waals surface area contributed by atoms with Crippen molar-refractivity contribution in [3.63, 3.8) is 0 Å². The van der Waals surface area contributed by atoms with Gasteiger partial charge in [-0.3, -0.25) is 4.90 Å². The summed E-state index contributed by atoms with van der Waals surface area (Å²) in [5.74, 6) is 0.355. The molecule has 1 saturated heterocycles. The van der Waals surface area contributed by atoms with Crippen LogP contribution in [0.15, 0.2) is 36.5 Å². The number of nitrogens with zero attached hydrogens (tertiary/aromatic N) is 2. The van der Waals surface area contributed by atoms with Gasteiger partial charge in [0.25, 0.3) is 0 Å². The molecule has 1 N–H and O–H groups in total. The van der Waals surface area contributed by atoms with Crippen molar-refractivity contribution in [1.82, 2.24) is 9.88 Å². The smallest absolute Gasteiger partial charge is 0.183 e. The Labute approximate surface area is 134 Å². The minimum atomic E-state index is -0.341. The van der Waals surface area contributed by atoms with Crippen LogP contribution in [0.4, 0.5) is 0 Å². The van der Waals surface area contributed by atoms with E-state index in [0.717, 1.165) is 38.0 Å². The third-order valence-electron chi connectivity index (χ3n) is 4.12. The number of likely N-dealkylation sites (tertiary alicyclic amines) is 1. The van der Waals surface area contributed by atoms with E-state index in [1.807, 2.05) is 36.5 Å². The predicted molar refractivity (Wildman–Crippen MR) is 86.5 cm³/mol. The third kappa shape index (κ3) is 3.83. The Balaban J connectivity index is 1.53. The van der Waals surface area contributed by atoms with Crippen LogP contribution in [0.3, 0.4) is 0 Å². The van der Waals surface area contributed by atoms with E-state index in [1.165, 1.54) is 4.88 Å². The predicted octanol–water partition coefficient (Wildman–Crippen LogP) is 3.74. The average molecular weight is 323 g/mol. The number of benzene rings is 1. The number of halogens is 1. The molecule has 1 atom stereocenters. The van der Waals surface area contributed by atoms with E-state index in [0.29, 0.717) is 10.4 Å². The van der Waals surface area contributed by atoms with Crippen LogP contribution >= 0.6 is 22.9 Å². The monoisotopic (exact) mass is 322 g/mol. The highest BCUT2D eigenvalue weighted by molar-refractivity contribution is 7.15. The molecule has 2 aromatic rings. The molecule has 1 fully saturated rings. The molecule has 0 amide bonds. The number of thiazole rings is 1. The molecule has 0 saturated carbocycles. The van der Waals surface area contributed by atoms with Gasteiger partial charge in [-0.05, 0) is 37.4 Å². The summed E-state index contributed by atoms with van der Waals surface area (Å²) in [6.07, 6.45) is 3.58. The Bertz CT molecular complexity index is 567. The highest BCUT2D eigenvalue weighted by atomic mass is 35.5. The molecule has 3 rings (SSSR count). The highest BCUT2D eigenvalue weighted by Crippen LogP contribution is 2.31. The second kappa shape index (κ2) is 6.88. The van der Waals surface area contributed by atoms with Crippen molar-refractivity contribution in [2.24, 2.45) is 5.92 Å². The van der Waals surface area contributed by atoms with Gasteiger partial charge in [-0.15, -0.1) is 11.3 Å². The summed E-state index contributed by atoms with van der Waals surface area (Å²) in [6.45, 7) is 2.95. The number of piperidine rings is 1. The summed E-state index contributed by atoms with van der Waals surface area (Å²) in [5, 5.41) is 10.5. The molecule has 1 aliphatic rings. The summed E-state index contributed by atoms with van der Waals surface area (Å²) in [5.41, 5.74) is 1.03. The summed E-state index contributed by atoms with van der Waals surface area (Å²) in [7, 11) is 0. The minimum absolute atomic E-state index is 0.341. The molecule has 21 heavy (non-hydrogen) atoms. The zero-order valence-corrected chi connectivity index (χ0v) is 13.4. The van der Waals surface area contributed by atoms with Gasteiger partial charge in [0.05, 0.1) is 6.10 Å². The lowest BCUT2D eigenvalue weighted by molar-refractivity contribution is 0.0570. The molecular weight excluding hydrogens is 304 g/mol. The zero-order valence-electron chi connectivity index (χ0n) is 11.8. The minimum Gasteiger partial charge on any atom is -0.388 e. The first kappa shape index (κ1) is 15.0. The SMILES string of the molecule is OC(c1ccccc1)C1CCN(Cc2cnc(Cl)s2)CC1. The maximum Gasteiger partial charge on any atom is 0.183 e. The molecule has 112 valence electrons. The van der Waals surface area contributed by atoms with E-state index in [4.69, 9.17) is 11.6 Å². The lowest BCUT2D eigenvalue weighted by Crippen LogP contribution is -2.35. The van der Waals surface area contributed by atoms with Crippen LogP contribution in [-0.2, 0) is 6.54 Å². The van der Waals surface area contributed by atoms with Crippen molar-refractivity contribution in [2.45, 2.75) is 25.5 Å². The van der Waals surface area contributed by atoms with Crippen LogP contribution in [0.2, 0.25) is 4.47 Å². The summed E-state index contributed by atoms with van der Waals surface area (Å²) in [4.78, 5) is 7.71. The van der Waals surface area contributed by atoms with E-state index in [2.05, 4.69) is 9.88 Å². The van der Waals surface area contributed by atoms with Crippen molar-refractivity contribution in [3.05, 3.63) is 51.4 Å². The molecule has 0 spiro atoms. The summed E-state index contributed by atoms with van der Waals surface area (Å²) >= 11 is 7.42. The lowest BCUT2D eigenvalue weighted by atomic mass is 9.87. The molecule has 1 aliphatic heterocycles. The van der Waals surface area contributed by atoms with E-state index >= 15 is 0 Å². The largest absolute Gasteiger partial charge is 0.388 e. The van der Waals surface area contributed by atoms with E-state index < -0.39 is 0 Å². The van der Waals surface area contributed by atoms with Crippen LogP contribution in [0, 0.1) is 5.92 Å². The number of rotatable bonds is 4. The first-order valence-corrected chi connectivity index (χ1v) is 8.47. The molecule has 5 heteroatoms. The maximum absolute atomic E-state index is 10.5. The van der Waals surface area contributed by atoms with Gasteiger partial charge < -0.3 is 5.11 Å². The van der Waals surface area contributed by atoms with Gasteiger partial charge in [-0.1, -0.05) is 41.9 Å². The van der Waals surface area contributed by atoms with Crippen molar-refractivity contribution in [3.8, 4) is 0 Å². The van der Waals surface area contributed by atoms with Crippen LogP contribution < -0.4 is 0 Å². The number of hydrogen-bond acceptors (Lipinski definition) is 4. The van der Waals surface area contributed by atoms with Crippen molar-refractivity contribution in [1.29, 1.82) is 0 Å². The molecular formula is C16H19ClN2OS. The second-order valence-corrected chi connectivity index (χ2v) is 7.25. The summed E-state index contributed by atoms with van der Waals surface area (Å²) < 4.78 is 0.611. The molecule has 0 radical (unpaired) electrons. The normalized spacial score (nSPS) is 18.8. The quantitative estimate of drug-likeness (QED) is 0.931. The van der Waals surface area contributed by atoms with Crippen molar-refractivity contribution < 1.29 is 5.11 Å². The second-order valence-electron chi connectivity index (χ2n) is 5.55. The van der Waals surface area contributed by atoms with Gasteiger partial charge in [-0.25, -0.2) is 4.98 Å². The van der Waals surface area contributed by atoms with E-state index in [-0.39, 0.29) is 6.10 Å². The molecule has 0 aliphatic carbocycles. The summed E-state index contributed by atoms with van der Waals surface area (Å²) in [6, 6.07) is 9.98. The van der Waals surface area contributed by atoms with Crippen molar-refractivity contribution >= 4 is 22.9 Å². The molecule has 1 aromatic carbocycles. The number of hydrogen-bond donors (Lipinski definition) is 1. The highest BCUT2D eigenvalue weighted by Gasteiger charge is 2.26. The molecule has 1 aromatic heterocycles. The maximum atomic E-state index is 10.5. The fourth-order valence-corrected chi connectivity index (χ4v) is 3.95. The lowest BCUT2D eigenvalue weighted by Gasteiger charge is -2.34. The van der Waals surface area contributed by atoms with Gasteiger partial charge in [0.15, 0.2) is 4.47 Å². The molecule has 3 nitrogen and oxygen atoms in total. The zero-order chi connectivity index (χ0) is 14.7. The Kier molecular flexibility index (Phi) is 4.91. The Morgan fingerprint density at radius 1 is 1.29 bits per heavy atom. The van der Waals surface area contributed by atoms with E-state index in [1.54, 1.807) is 11.3 Å². The standard InChI is InChI=1S/C16H19ClN2OS/c17-16-18-10-14(21-16)11-19-8-6-13(7-9-19)15(20)12-4-2-1-3-5-12/h1-5,10,13,15,20H,6-9,11H2. The van der Waals surface area contributed by atoms with Gasteiger partial charge in [0.1, 0.15) is 0 Å². The first-order valence-electron chi connectivity index (χ1n) is 7.28. The topological polar surface area (TPSA) is 36.4 Å². The molecule has 1 unspecified atom stereocenters. The fraction of sp³-hybridized carbons (Fsp3) is 0.438. The van der Waals surface area contributed by atoms with Crippen LogP contribution in [0.25, 0.3) is 0 Å². The molecule has 0 bridgehead atoms. The van der Waals surface area contributed by atoms with E-state index in [9.17, 15) is 5.11 Å². The Morgan fingerprint density at radius 2 is 2.00 bits per heavy atom. The van der Waals surface area contributed by atoms with Crippen molar-refractivity contribution in [2.75, 3.05) is 13.1 Å². The number of aliphatic hydroxyl groups is 1. The van der Waals surface area contributed by atoms with Gasteiger partial charge in [0, 0.05) is 17.6 Å². The molecule has 2 heterocycles. The van der Waals surface area contributed by atoms with Crippen LogP contribution in [0.1, 0.15) is 29.4 Å². The average Bonchev–Trinajstić information content (AvgIpc) is 2.93. The number of aromatic nitrogens is 1.